The third kappa shape index (κ3) is 3.88. The van der Waals surface area contributed by atoms with Crippen molar-refractivity contribution in [2.24, 2.45) is 14.1 Å². The second-order valence-electron chi connectivity index (χ2n) is 7.03. The van der Waals surface area contributed by atoms with Crippen LogP contribution in [-0.2, 0) is 14.1 Å². The third-order valence-electron chi connectivity index (χ3n) is 4.88. The molecule has 160 valence electrons. The summed E-state index contributed by atoms with van der Waals surface area (Å²) < 4.78 is 2.20. The molecule has 0 bridgehead atoms. The molecule has 4 rings (SSSR count). The zero-order valence-electron chi connectivity index (χ0n) is 17.2. The Morgan fingerprint density at radius 1 is 0.844 bits per heavy atom. The molecular formula is C22H18N6O4. The normalized spacial score (nSPS) is 10.7. The fourth-order valence-corrected chi connectivity index (χ4v) is 3.14. The molecule has 0 spiro atoms. The van der Waals surface area contributed by atoms with Gasteiger partial charge in [0.2, 0.25) is 0 Å². The van der Waals surface area contributed by atoms with Crippen LogP contribution in [0.3, 0.4) is 0 Å². The van der Waals surface area contributed by atoms with Gasteiger partial charge in [-0.3, -0.25) is 28.5 Å². The van der Waals surface area contributed by atoms with Crippen LogP contribution in [0.4, 0.5) is 11.4 Å². The van der Waals surface area contributed by atoms with Gasteiger partial charge in [-0.1, -0.05) is 0 Å². The lowest BCUT2D eigenvalue weighted by molar-refractivity contribution is 0.101. The van der Waals surface area contributed by atoms with Crippen LogP contribution >= 0.6 is 0 Å². The molecule has 0 aliphatic heterocycles. The van der Waals surface area contributed by atoms with Crippen LogP contribution in [0.1, 0.15) is 20.7 Å². The van der Waals surface area contributed by atoms with E-state index in [-0.39, 0.29) is 22.5 Å². The highest BCUT2D eigenvalue weighted by molar-refractivity contribution is 6.07. The zero-order valence-corrected chi connectivity index (χ0v) is 17.2. The largest absolute Gasteiger partial charge is 0.332 e. The number of carbonyl (C=O) groups excluding carboxylic acids is 2. The lowest BCUT2D eigenvalue weighted by Crippen LogP contribution is -2.37. The molecule has 0 aliphatic rings. The number of amides is 2. The standard InChI is InChI=1S/C22H18N6O4/c1-27-18-17(21(31)28(2)22(27)32)10-14(11-24-18)20(30)25-15-7-5-13(6-8-15)19(29)26-16-4-3-9-23-12-16/h3-12H,1-2H3,(H,25,30)(H,26,29). The van der Waals surface area contributed by atoms with Crippen molar-refractivity contribution in [2.45, 2.75) is 0 Å². The number of hydrogen-bond donors (Lipinski definition) is 2. The van der Waals surface area contributed by atoms with Gasteiger partial charge in [0.05, 0.1) is 22.8 Å². The topological polar surface area (TPSA) is 128 Å². The second kappa shape index (κ2) is 8.26. The van der Waals surface area contributed by atoms with E-state index in [0.717, 1.165) is 4.57 Å². The summed E-state index contributed by atoms with van der Waals surface area (Å²) >= 11 is 0. The van der Waals surface area contributed by atoms with Crippen LogP contribution in [0, 0.1) is 0 Å². The minimum absolute atomic E-state index is 0.157. The Labute approximate surface area is 181 Å². The minimum Gasteiger partial charge on any atom is -0.322 e. The highest BCUT2D eigenvalue weighted by Crippen LogP contribution is 2.14. The molecule has 3 heterocycles. The van der Waals surface area contributed by atoms with Gasteiger partial charge in [-0.2, -0.15) is 0 Å². The Bertz CT molecular complexity index is 1460. The first kappa shape index (κ1) is 20.7. The minimum atomic E-state index is -0.533. The zero-order chi connectivity index (χ0) is 22.8. The summed E-state index contributed by atoms with van der Waals surface area (Å²) in [5, 5.41) is 5.58. The molecule has 0 unspecified atom stereocenters. The highest BCUT2D eigenvalue weighted by Gasteiger charge is 2.14. The number of benzene rings is 1. The van der Waals surface area contributed by atoms with Gasteiger partial charge in [0.1, 0.15) is 5.65 Å². The van der Waals surface area contributed by atoms with Crippen molar-refractivity contribution in [1.29, 1.82) is 0 Å². The Morgan fingerprint density at radius 2 is 1.53 bits per heavy atom. The van der Waals surface area contributed by atoms with Crippen LogP contribution < -0.4 is 21.9 Å². The first-order valence-electron chi connectivity index (χ1n) is 9.53. The third-order valence-corrected chi connectivity index (χ3v) is 4.88. The van der Waals surface area contributed by atoms with Crippen LogP contribution in [-0.4, -0.2) is 30.9 Å². The molecule has 0 saturated carbocycles. The number of rotatable bonds is 4. The first-order valence-corrected chi connectivity index (χ1v) is 9.53. The summed E-state index contributed by atoms with van der Waals surface area (Å²) in [6, 6.07) is 11.2. The van der Waals surface area contributed by atoms with E-state index in [0.29, 0.717) is 16.9 Å². The smallest absolute Gasteiger partial charge is 0.322 e. The van der Waals surface area contributed by atoms with Crippen molar-refractivity contribution in [3.63, 3.8) is 0 Å². The highest BCUT2D eigenvalue weighted by atomic mass is 16.2. The maximum atomic E-state index is 12.7. The molecule has 0 radical (unpaired) electrons. The lowest BCUT2D eigenvalue weighted by atomic mass is 10.1. The average Bonchev–Trinajstić information content (AvgIpc) is 2.82. The van der Waals surface area contributed by atoms with Gasteiger partial charge in [-0.15, -0.1) is 0 Å². The van der Waals surface area contributed by atoms with Crippen molar-refractivity contribution in [3.05, 3.63) is 93.0 Å². The maximum absolute atomic E-state index is 12.7. The molecule has 0 atom stereocenters. The number of carbonyl (C=O) groups is 2. The molecule has 10 heteroatoms. The van der Waals surface area contributed by atoms with Crippen molar-refractivity contribution < 1.29 is 9.59 Å². The van der Waals surface area contributed by atoms with Crippen LogP contribution in [0.25, 0.3) is 11.0 Å². The van der Waals surface area contributed by atoms with E-state index in [2.05, 4.69) is 20.6 Å². The van der Waals surface area contributed by atoms with Crippen molar-refractivity contribution in [3.8, 4) is 0 Å². The van der Waals surface area contributed by atoms with Gasteiger partial charge in [-0.05, 0) is 42.5 Å². The van der Waals surface area contributed by atoms with Crippen molar-refractivity contribution in [2.75, 3.05) is 10.6 Å². The van der Waals surface area contributed by atoms with E-state index >= 15 is 0 Å². The number of hydrogen-bond acceptors (Lipinski definition) is 6. The molecule has 1 aromatic carbocycles. The van der Waals surface area contributed by atoms with Crippen LogP contribution in [0.5, 0.6) is 0 Å². The summed E-state index contributed by atoms with van der Waals surface area (Å²) in [5.74, 6) is -0.793. The predicted octanol–water partition coefficient (Wildman–Crippen LogP) is 1.53. The molecular weight excluding hydrogens is 412 g/mol. The monoisotopic (exact) mass is 430 g/mol. The van der Waals surface area contributed by atoms with Crippen LogP contribution in [0.2, 0.25) is 0 Å². The number of anilines is 2. The SMILES string of the molecule is Cn1c(=O)c2cc(C(=O)Nc3ccc(C(=O)Nc4cccnc4)cc3)cnc2n(C)c1=O. The van der Waals surface area contributed by atoms with E-state index < -0.39 is 17.2 Å². The van der Waals surface area contributed by atoms with E-state index in [4.69, 9.17) is 0 Å². The molecule has 2 N–H and O–H groups in total. The van der Waals surface area contributed by atoms with Crippen LogP contribution in [0.15, 0.2) is 70.6 Å². The Morgan fingerprint density at radius 3 is 2.22 bits per heavy atom. The lowest BCUT2D eigenvalue weighted by Gasteiger charge is -2.09. The van der Waals surface area contributed by atoms with E-state index in [1.165, 1.54) is 37.1 Å². The average molecular weight is 430 g/mol. The van der Waals surface area contributed by atoms with E-state index in [9.17, 15) is 19.2 Å². The molecule has 3 aromatic heterocycles. The number of aryl methyl sites for hydroxylation is 1. The van der Waals surface area contributed by atoms with Crippen molar-refractivity contribution >= 4 is 34.2 Å². The number of nitrogens with one attached hydrogen (secondary N) is 2. The van der Waals surface area contributed by atoms with E-state index in [1.807, 2.05) is 0 Å². The van der Waals surface area contributed by atoms with Gasteiger partial charge >= 0.3 is 5.69 Å². The van der Waals surface area contributed by atoms with Crippen molar-refractivity contribution in [1.82, 2.24) is 19.1 Å². The number of pyridine rings is 2. The van der Waals surface area contributed by atoms with Gasteiger partial charge in [-0.25, -0.2) is 9.78 Å². The quantitative estimate of drug-likeness (QED) is 0.505. The number of nitrogens with zero attached hydrogens (tertiary/aromatic N) is 4. The number of aromatic nitrogens is 4. The molecule has 2 amide bonds. The van der Waals surface area contributed by atoms with Gasteiger partial charge in [0.15, 0.2) is 0 Å². The van der Waals surface area contributed by atoms with Gasteiger partial charge in [0, 0.05) is 37.7 Å². The Balaban J connectivity index is 1.53. The summed E-state index contributed by atoms with van der Waals surface area (Å²) in [6.07, 6.45) is 4.44. The summed E-state index contributed by atoms with van der Waals surface area (Å²) in [5.41, 5.74) is 0.756. The summed E-state index contributed by atoms with van der Waals surface area (Å²) in [6.45, 7) is 0. The fourth-order valence-electron chi connectivity index (χ4n) is 3.14. The predicted molar refractivity (Wildman–Crippen MR) is 119 cm³/mol. The molecule has 4 aromatic rings. The first-order chi connectivity index (χ1) is 15.3. The fraction of sp³-hybridized carbons (Fsp3) is 0.0909. The Kier molecular flexibility index (Phi) is 5.34. The molecule has 0 saturated heterocycles. The summed E-state index contributed by atoms with van der Waals surface area (Å²) in [7, 11) is 2.87. The maximum Gasteiger partial charge on any atom is 0.332 e. The van der Waals surface area contributed by atoms with Gasteiger partial charge in [0.25, 0.3) is 17.4 Å². The molecule has 32 heavy (non-hydrogen) atoms. The van der Waals surface area contributed by atoms with Gasteiger partial charge < -0.3 is 10.6 Å². The van der Waals surface area contributed by atoms with E-state index in [1.54, 1.807) is 42.6 Å². The number of fused-ring (bicyclic) bond motifs is 1. The summed E-state index contributed by atoms with van der Waals surface area (Å²) in [4.78, 5) is 57.4. The molecule has 0 aliphatic carbocycles. The molecule has 10 nitrogen and oxygen atoms in total. The molecule has 0 fully saturated rings. The second-order valence-corrected chi connectivity index (χ2v) is 7.03. The Hall–Kier alpha value is -4.60.